The SMILES string of the molecule is CC1(C)c2cc3ccccc3cc2-c2c(/C=C/C(N=C(N)c3ccccc3)c3ccccc3-c3ccc4oc5ccccc5c4c3)cccc21. The zero-order chi connectivity index (χ0) is 33.8. The number of furan rings is 1. The van der Waals surface area contributed by atoms with Crippen molar-refractivity contribution in [1.29, 1.82) is 0 Å². The lowest BCUT2D eigenvalue weighted by Gasteiger charge is -2.22. The highest BCUT2D eigenvalue weighted by Crippen LogP contribution is 2.51. The van der Waals surface area contributed by atoms with E-state index in [0.29, 0.717) is 5.84 Å². The molecule has 9 rings (SSSR count). The van der Waals surface area contributed by atoms with Crippen molar-refractivity contribution >= 4 is 44.6 Å². The number of rotatable bonds is 6. The van der Waals surface area contributed by atoms with Gasteiger partial charge in [-0.05, 0) is 85.6 Å². The summed E-state index contributed by atoms with van der Waals surface area (Å²) in [5.41, 5.74) is 19.1. The van der Waals surface area contributed by atoms with Gasteiger partial charge in [0.05, 0.1) is 6.04 Å². The lowest BCUT2D eigenvalue weighted by atomic mass is 9.81. The molecule has 1 aromatic heterocycles. The number of hydrogen-bond donors (Lipinski definition) is 1. The number of nitrogens with two attached hydrogens (primary N) is 1. The van der Waals surface area contributed by atoms with Crippen LogP contribution in [0, 0.1) is 0 Å². The standard InChI is InChI=1S/C47H36N2O/c1-47(2)40-21-12-17-30(45(40)39-27-32-15-6-7-16-33(32)29-41(39)47)23-25-42(49-46(48)31-13-4-3-5-14-31)36-19-9-8-18-35(36)34-24-26-44-38(28-34)37-20-10-11-22-43(37)50-44/h3-29,42H,1-2H3,(H2,48,49)/b25-23+. The number of fused-ring (bicyclic) bond motifs is 7. The fraction of sp³-hybridized carbons (Fsp3) is 0.0851. The van der Waals surface area contributed by atoms with E-state index in [1.807, 2.05) is 42.5 Å². The maximum atomic E-state index is 6.76. The van der Waals surface area contributed by atoms with Crippen LogP contribution < -0.4 is 5.73 Å². The predicted octanol–water partition coefficient (Wildman–Crippen LogP) is 11.9. The Morgan fingerprint density at radius 3 is 2.22 bits per heavy atom. The maximum Gasteiger partial charge on any atom is 0.135 e. The van der Waals surface area contributed by atoms with E-state index in [-0.39, 0.29) is 11.5 Å². The van der Waals surface area contributed by atoms with Crippen molar-refractivity contribution in [3.8, 4) is 22.3 Å². The first-order valence-corrected chi connectivity index (χ1v) is 17.2. The van der Waals surface area contributed by atoms with Crippen LogP contribution in [0.2, 0.25) is 0 Å². The number of aliphatic imine (C=N–C) groups is 1. The Balaban J connectivity index is 1.20. The summed E-state index contributed by atoms with van der Waals surface area (Å²) in [7, 11) is 0. The van der Waals surface area contributed by atoms with Crippen molar-refractivity contribution in [2.75, 3.05) is 0 Å². The Bertz CT molecular complexity index is 2640. The van der Waals surface area contributed by atoms with Crippen LogP contribution in [0.3, 0.4) is 0 Å². The molecule has 240 valence electrons. The second-order valence-electron chi connectivity index (χ2n) is 13.7. The van der Waals surface area contributed by atoms with Gasteiger partial charge >= 0.3 is 0 Å². The van der Waals surface area contributed by atoms with Crippen LogP contribution in [0.5, 0.6) is 0 Å². The molecule has 0 aliphatic heterocycles. The molecule has 2 N–H and O–H groups in total. The third-order valence-electron chi connectivity index (χ3n) is 10.4. The second kappa shape index (κ2) is 11.7. The summed E-state index contributed by atoms with van der Waals surface area (Å²) in [5.74, 6) is 0.502. The lowest BCUT2D eigenvalue weighted by Crippen LogP contribution is -2.15. The fourth-order valence-corrected chi connectivity index (χ4v) is 7.80. The van der Waals surface area contributed by atoms with Crippen LogP contribution in [0.1, 0.15) is 47.7 Å². The third kappa shape index (κ3) is 4.93. The molecule has 0 spiro atoms. The number of amidine groups is 1. The van der Waals surface area contributed by atoms with E-state index in [2.05, 4.69) is 135 Å². The smallest absolute Gasteiger partial charge is 0.135 e. The van der Waals surface area contributed by atoms with Gasteiger partial charge in [-0.1, -0.05) is 147 Å². The van der Waals surface area contributed by atoms with Gasteiger partial charge in [-0.2, -0.15) is 0 Å². The molecule has 1 aliphatic carbocycles. The van der Waals surface area contributed by atoms with Crippen molar-refractivity contribution in [2.24, 2.45) is 10.7 Å². The predicted molar refractivity (Wildman–Crippen MR) is 210 cm³/mol. The van der Waals surface area contributed by atoms with E-state index in [4.69, 9.17) is 15.1 Å². The van der Waals surface area contributed by atoms with Gasteiger partial charge in [-0.3, -0.25) is 4.99 Å². The number of para-hydroxylation sites is 1. The van der Waals surface area contributed by atoms with Gasteiger partial charge in [-0.25, -0.2) is 0 Å². The Hall–Kier alpha value is -6.19. The number of benzene rings is 7. The van der Waals surface area contributed by atoms with Crippen LogP contribution in [-0.4, -0.2) is 5.84 Å². The molecular formula is C47H36N2O. The average Bonchev–Trinajstić information content (AvgIpc) is 3.64. The summed E-state index contributed by atoms with van der Waals surface area (Å²) in [4.78, 5) is 5.22. The summed E-state index contributed by atoms with van der Waals surface area (Å²) in [5, 5.41) is 4.73. The summed E-state index contributed by atoms with van der Waals surface area (Å²) < 4.78 is 6.16. The van der Waals surface area contributed by atoms with Gasteiger partial charge in [0.15, 0.2) is 0 Å². The highest BCUT2D eigenvalue weighted by Gasteiger charge is 2.36. The van der Waals surface area contributed by atoms with Crippen LogP contribution in [0.15, 0.2) is 167 Å². The van der Waals surface area contributed by atoms with Crippen LogP contribution in [-0.2, 0) is 5.41 Å². The van der Waals surface area contributed by atoms with Crippen molar-refractivity contribution in [1.82, 2.24) is 0 Å². The summed E-state index contributed by atoms with van der Waals surface area (Å²) in [6.07, 6.45) is 4.46. The molecule has 50 heavy (non-hydrogen) atoms. The first-order valence-electron chi connectivity index (χ1n) is 17.2. The molecule has 8 aromatic rings. The molecule has 1 unspecified atom stereocenters. The van der Waals surface area contributed by atoms with Crippen LogP contribution >= 0.6 is 0 Å². The summed E-state index contributed by atoms with van der Waals surface area (Å²) in [6.45, 7) is 4.67. The quantitative estimate of drug-likeness (QED) is 0.145. The van der Waals surface area contributed by atoms with Gasteiger partial charge in [0.25, 0.3) is 0 Å². The molecule has 1 heterocycles. The molecular weight excluding hydrogens is 609 g/mol. The first-order chi connectivity index (χ1) is 24.5. The molecule has 3 heteroatoms. The Labute approximate surface area is 292 Å². The largest absolute Gasteiger partial charge is 0.456 e. The highest BCUT2D eigenvalue weighted by atomic mass is 16.3. The van der Waals surface area contributed by atoms with E-state index in [1.165, 1.54) is 38.6 Å². The van der Waals surface area contributed by atoms with E-state index in [1.54, 1.807) is 0 Å². The molecule has 1 atom stereocenters. The zero-order valence-electron chi connectivity index (χ0n) is 28.1. The minimum atomic E-state index is -0.343. The maximum absolute atomic E-state index is 6.76. The molecule has 0 amide bonds. The van der Waals surface area contributed by atoms with E-state index in [9.17, 15) is 0 Å². The van der Waals surface area contributed by atoms with Crippen molar-refractivity contribution in [2.45, 2.75) is 25.3 Å². The molecule has 0 bridgehead atoms. The third-order valence-corrected chi connectivity index (χ3v) is 10.4. The van der Waals surface area contributed by atoms with Crippen LogP contribution in [0.4, 0.5) is 0 Å². The molecule has 0 saturated heterocycles. The Morgan fingerprint density at radius 2 is 1.36 bits per heavy atom. The first kappa shape index (κ1) is 29.9. The van der Waals surface area contributed by atoms with Gasteiger partial charge in [0.1, 0.15) is 17.0 Å². The Kier molecular flexibility index (Phi) is 7.03. The Morgan fingerprint density at radius 1 is 0.640 bits per heavy atom. The van der Waals surface area contributed by atoms with Gasteiger partial charge in [-0.15, -0.1) is 0 Å². The highest BCUT2D eigenvalue weighted by molar-refractivity contribution is 6.06. The van der Waals surface area contributed by atoms with Gasteiger partial charge in [0.2, 0.25) is 0 Å². The monoisotopic (exact) mass is 644 g/mol. The number of nitrogens with zero attached hydrogens (tertiary/aromatic N) is 1. The van der Waals surface area contributed by atoms with Gasteiger partial charge in [0, 0.05) is 21.8 Å². The van der Waals surface area contributed by atoms with E-state index >= 15 is 0 Å². The van der Waals surface area contributed by atoms with Crippen molar-refractivity contribution in [3.63, 3.8) is 0 Å². The average molecular weight is 645 g/mol. The number of hydrogen-bond acceptors (Lipinski definition) is 2. The molecule has 3 nitrogen and oxygen atoms in total. The molecule has 1 aliphatic rings. The minimum absolute atomic E-state index is 0.115. The van der Waals surface area contributed by atoms with Crippen molar-refractivity contribution in [3.05, 3.63) is 186 Å². The van der Waals surface area contributed by atoms with E-state index < -0.39 is 0 Å². The summed E-state index contributed by atoms with van der Waals surface area (Å²) in [6, 6.07) is 52.9. The van der Waals surface area contributed by atoms with Gasteiger partial charge < -0.3 is 10.2 Å². The summed E-state index contributed by atoms with van der Waals surface area (Å²) >= 11 is 0. The topological polar surface area (TPSA) is 51.5 Å². The molecule has 0 saturated carbocycles. The van der Waals surface area contributed by atoms with E-state index in [0.717, 1.165) is 44.2 Å². The van der Waals surface area contributed by atoms with Crippen molar-refractivity contribution < 1.29 is 4.42 Å². The normalized spacial score (nSPS) is 14.4. The zero-order valence-corrected chi connectivity index (χ0v) is 28.1. The molecule has 0 radical (unpaired) electrons. The second-order valence-corrected chi connectivity index (χ2v) is 13.7. The fourth-order valence-electron chi connectivity index (χ4n) is 7.80. The molecule has 7 aromatic carbocycles. The lowest BCUT2D eigenvalue weighted by molar-refractivity contribution is 0.661. The molecule has 0 fully saturated rings. The van der Waals surface area contributed by atoms with Crippen LogP contribution in [0.25, 0.3) is 61.0 Å². The minimum Gasteiger partial charge on any atom is -0.456 e.